The van der Waals surface area contributed by atoms with Gasteiger partial charge in [-0.3, -0.25) is 9.36 Å². The van der Waals surface area contributed by atoms with E-state index in [0.717, 1.165) is 48.9 Å². The predicted molar refractivity (Wildman–Crippen MR) is 132 cm³/mol. The van der Waals surface area contributed by atoms with Gasteiger partial charge in [0.25, 0.3) is 0 Å². The van der Waals surface area contributed by atoms with Crippen LogP contribution in [0.4, 0.5) is 0 Å². The molecule has 0 radical (unpaired) electrons. The zero-order chi connectivity index (χ0) is 23.0. The van der Waals surface area contributed by atoms with Gasteiger partial charge in [-0.05, 0) is 37.7 Å². The minimum atomic E-state index is -0.218. The van der Waals surface area contributed by atoms with E-state index in [1.165, 1.54) is 17.3 Å². The van der Waals surface area contributed by atoms with Crippen molar-refractivity contribution >= 4 is 17.7 Å². The number of aromatic nitrogens is 3. The van der Waals surface area contributed by atoms with Crippen molar-refractivity contribution in [3.05, 3.63) is 66.2 Å². The quantitative estimate of drug-likeness (QED) is 0.435. The number of piperidine rings is 1. The molecule has 1 atom stereocenters. The molecule has 7 heteroatoms. The number of methoxy groups -OCH3 is 1. The zero-order valence-electron chi connectivity index (χ0n) is 19.4. The van der Waals surface area contributed by atoms with Gasteiger partial charge in [-0.1, -0.05) is 72.4 Å². The van der Waals surface area contributed by atoms with Crippen molar-refractivity contribution in [2.75, 3.05) is 26.8 Å². The molecule has 1 aliphatic heterocycles. The van der Waals surface area contributed by atoms with E-state index in [2.05, 4.69) is 45.1 Å². The van der Waals surface area contributed by atoms with Crippen molar-refractivity contribution in [2.45, 2.75) is 43.1 Å². The molecule has 1 aromatic heterocycles. The summed E-state index contributed by atoms with van der Waals surface area (Å²) in [6, 6.07) is 20.7. The number of ether oxygens (including phenoxy) is 1. The lowest BCUT2D eigenvalue weighted by Gasteiger charge is -2.33. The maximum Gasteiger partial charge on any atom is 0.235 e. The van der Waals surface area contributed by atoms with Crippen LogP contribution in [0.2, 0.25) is 0 Å². The van der Waals surface area contributed by atoms with Gasteiger partial charge in [-0.2, -0.15) is 0 Å². The van der Waals surface area contributed by atoms with Crippen LogP contribution in [0, 0.1) is 5.92 Å². The molecular formula is C26H32N4O2S. The van der Waals surface area contributed by atoms with Crippen molar-refractivity contribution in [1.29, 1.82) is 0 Å². The summed E-state index contributed by atoms with van der Waals surface area (Å²) in [4.78, 5) is 15.2. The van der Waals surface area contributed by atoms with Gasteiger partial charge < -0.3 is 9.64 Å². The average Bonchev–Trinajstić information content (AvgIpc) is 3.26. The monoisotopic (exact) mass is 464 g/mol. The van der Waals surface area contributed by atoms with Crippen LogP contribution in [-0.2, 0) is 22.5 Å². The molecule has 4 rings (SSSR count). The highest BCUT2D eigenvalue weighted by atomic mass is 32.2. The molecule has 6 nitrogen and oxygen atoms in total. The summed E-state index contributed by atoms with van der Waals surface area (Å²) < 4.78 is 7.36. The van der Waals surface area contributed by atoms with Crippen molar-refractivity contribution in [3.8, 4) is 11.4 Å². The SMILES string of the molecule is COCCn1c(SC(C)C(=O)N2CCC(Cc3ccccc3)CC2)nnc1-c1ccccc1. The van der Waals surface area contributed by atoms with Crippen LogP contribution in [0.25, 0.3) is 11.4 Å². The number of likely N-dealkylation sites (tertiary alicyclic amines) is 1. The summed E-state index contributed by atoms with van der Waals surface area (Å²) in [6.45, 7) is 4.82. The van der Waals surface area contributed by atoms with Gasteiger partial charge in [-0.15, -0.1) is 10.2 Å². The Balaban J connectivity index is 1.37. The minimum Gasteiger partial charge on any atom is -0.383 e. The second-order valence-corrected chi connectivity index (χ2v) is 9.84. The molecule has 2 heterocycles. The van der Waals surface area contributed by atoms with Gasteiger partial charge in [0.2, 0.25) is 5.91 Å². The highest BCUT2D eigenvalue weighted by Gasteiger charge is 2.28. The first kappa shape index (κ1) is 23.5. The van der Waals surface area contributed by atoms with Crippen molar-refractivity contribution < 1.29 is 9.53 Å². The van der Waals surface area contributed by atoms with E-state index in [-0.39, 0.29) is 11.2 Å². The molecule has 0 N–H and O–H groups in total. The van der Waals surface area contributed by atoms with Crippen molar-refractivity contribution in [3.63, 3.8) is 0 Å². The van der Waals surface area contributed by atoms with E-state index in [0.29, 0.717) is 19.1 Å². The van der Waals surface area contributed by atoms with Crippen LogP contribution in [0.1, 0.15) is 25.3 Å². The Morgan fingerprint density at radius 2 is 1.73 bits per heavy atom. The Bertz CT molecular complexity index is 1020. The first-order valence-corrected chi connectivity index (χ1v) is 12.5. The van der Waals surface area contributed by atoms with Crippen LogP contribution in [-0.4, -0.2) is 57.6 Å². The third-order valence-corrected chi connectivity index (χ3v) is 7.26. The normalized spacial score (nSPS) is 15.5. The first-order valence-electron chi connectivity index (χ1n) is 11.6. The van der Waals surface area contributed by atoms with Crippen LogP contribution in [0.3, 0.4) is 0 Å². The molecule has 1 fully saturated rings. The summed E-state index contributed by atoms with van der Waals surface area (Å²) in [7, 11) is 1.69. The Morgan fingerprint density at radius 3 is 2.39 bits per heavy atom. The van der Waals surface area contributed by atoms with E-state index < -0.39 is 0 Å². The zero-order valence-corrected chi connectivity index (χ0v) is 20.2. The van der Waals surface area contributed by atoms with E-state index in [1.54, 1.807) is 7.11 Å². The molecule has 3 aromatic rings. The number of hydrogen-bond acceptors (Lipinski definition) is 5. The van der Waals surface area contributed by atoms with Crippen LogP contribution in [0.15, 0.2) is 65.8 Å². The number of nitrogens with zero attached hydrogens (tertiary/aromatic N) is 4. The maximum atomic E-state index is 13.2. The fraction of sp³-hybridized carbons (Fsp3) is 0.423. The lowest BCUT2D eigenvalue weighted by Crippen LogP contribution is -2.42. The molecule has 1 saturated heterocycles. The Kier molecular flexibility index (Phi) is 8.18. The third-order valence-electron chi connectivity index (χ3n) is 6.19. The van der Waals surface area contributed by atoms with Crippen molar-refractivity contribution in [1.82, 2.24) is 19.7 Å². The van der Waals surface area contributed by atoms with Gasteiger partial charge >= 0.3 is 0 Å². The van der Waals surface area contributed by atoms with Gasteiger partial charge in [-0.25, -0.2) is 0 Å². The van der Waals surface area contributed by atoms with Crippen LogP contribution in [0.5, 0.6) is 0 Å². The third kappa shape index (κ3) is 6.03. The molecule has 0 aliphatic carbocycles. The van der Waals surface area contributed by atoms with Crippen molar-refractivity contribution in [2.24, 2.45) is 5.92 Å². The molecule has 0 bridgehead atoms. The summed E-state index contributed by atoms with van der Waals surface area (Å²) >= 11 is 1.48. The van der Waals surface area contributed by atoms with Crippen LogP contribution < -0.4 is 0 Å². The number of thioether (sulfide) groups is 1. The number of carbonyl (C=O) groups excluding carboxylic acids is 1. The molecule has 174 valence electrons. The number of hydrogen-bond donors (Lipinski definition) is 0. The highest BCUT2D eigenvalue weighted by molar-refractivity contribution is 8.00. The van der Waals surface area contributed by atoms with Crippen LogP contribution >= 0.6 is 11.8 Å². The second kappa shape index (κ2) is 11.5. The van der Waals surface area contributed by atoms with E-state index in [4.69, 9.17) is 4.74 Å². The number of carbonyl (C=O) groups is 1. The van der Waals surface area contributed by atoms with Gasteiger partial charge in [0.1, 0.15) is 0 Å². The fourth-order valence-corrected chi connectivity index (χ4v) is 5.29. The smallest absolute Gasteiger partial charge is 0.235 e. The van der Waals surface area contributed by atoms with Gasteiger partial charge in [0.15, 0.2) is 11.0 Å². The number of amides is 1. The Morgan fingerprint density at radius 1 is 1.06 bits per heavy atom. The lowest BCUT2D eigenvalue weighted by molar-refractivity contribution is -0.131. The molecule has 2 aromatic carbocycles. The highest BCUT2D eigenvalue weighted by Crippen LogP contribution is 2.29. The summed E-state index contributed by atoms with van der Waals surface area (Å²) in [5.41, 5.74) is 2.39. The maximum absolute atomic E-state index is 13.2. The van der Waals surface area contributed by atoms with Gasteiger partial charge in [0, 0.05) is 25.8 Å². The topological polar surface area (TPSA) is 60.2 Å². The van der Waals surface area contributed by atoms with Gasteiger partial charge in [0.05, 0.1) is 18.4 Å². The molecule has 1 unspecified atom stereocenters. The molecule has 1 aliphatic rings. The van der Waals surface area contributed by atoms with E-state index in [1.807, 2.05) is 42.2 Å². The molecule has 33 heavy (non-hydrogen) atoms. The summed E-state index contributed by atoms with van der Waals surface area (Å²) in [5, 5.41) is 9.38. The average molecular weight is 465 g/mol. The Labute approximate surface area is 200 Å². The molecule has 1 amide bonds. The largest absolute Gasteiger partial charge is 0.383 e. The minimum absolute atomic E-state index is 0.181. The lowest BCUT2D eigenvalue weighted by atomic mass is 9.90. The molecule has 0 spiro atoms. The summed E-state index contributed by atoms with van der Waals surface area (Å²) in [5.74, 6) is 1.63. The standard InChI is InChI=1S/C26H32N4O2S/c1-20(25(31)29-15-13-22(14-16-29)19-21-9-5-3-6-10-21)33-26-28-27-24(30(26)17-18-32-2)23-11-7-4-8-12-23/h3-12,20,22H,13-19H2,1-2H3. The number of rotatable bonds is 9. The number of benzene rings is 2. The summed E-state index contributed by atoms with van der Waals surface area (Å²) in [6.07, 6.45) is 3.21. The fourth-order valence-electron chi connectivity index (χ4n) is 4.33. The molecule has 0 saturated carbocycles. The first-order chi connectivity index (χ1) is 16.2. The van der Waals surface area contributed by atoms with E-state index >= 15 is 0 Å². The second-order valence-electron chi connectivity index (χ2n) is 8.54. The Hall–Kier alpha value is -2.64. The predicted octanol–water partition coefficient (Wildman–Crippen LogP) is 4.55. The molecular weight excluding hydrogens is 432 g/mol. The van der Waals surface area contributed by atoms with E-state index in [9.17, 15) is 4.79 Å².